The molecule has 0 spiro atoms. The highest BCUT2D eigenvalue weighted by Crippen LogP contribution is 2.21. The van der Waals surface area contributed by atoms with Gasteiger partial charge in [0.25, 0.3) is 11.1 Å². The van der Waals surface area contributed by atoms with Crippen LogP contribution in [0.4, 0.5) is 0 Å². The molecule has 0 atom stereocenters. The van der Waals surface area contributed by atoms with E-state index in [0.717, 1.165) is 31.1 Å². The standard InChI is InChI=1S/C19H19Cl3N2O.C7H3Cl3O.ClH/c20-16-3-1-14(2-4-16)5-6-23-7-9-24(10-8-23)19(25)15-11-17(21)13-18(22)12-15;8-5-1-4(7(10)11)2-6(9)3-5;/h1-4,11-13H,5-10H2;1-3H;1H. The van der Waals surface area contributed by atoms with Crippen molar-refractivity contribution in [3.8, 4) is 0 Å². The van der Waals surface area contributed by atoms with E-state index >= 15 is 0 Å². The fourth-order valence-electron chi connectivity index (χ4n) is 3.64. The predicted octanol–water partition coefficient (Wildman–Crippen LogP) is 8.44. The fraction of sp³-hybridized carbons (Fsp3) is 0.231. The summed E-state index contributed by atoms with van der Waals surface area (Å²) in [6, 6.07) is 17.4. The molecule has 4 nitrogen and oxygen atoms in total. The van der Waals surface area contributed by atoms with Crippen LogP contribution in [-0.2, 0) is 6.42 Å². The van der Waals surface area contributed by atoms with Gasteiger partial charge in [-0.25, -0.2) is 0 Å². The van der Waals surface area contributed by atoms with Gasteiger partial charge < -0.3 is 4.90 Å². The van der Waals surface area contributed by atoms with Gasteiger partial charge in [0.1, 0.15) is 0 Å². The smallest absolute Gasteiger partial charge is 0.254 e. The number of nitrogens with zero attached hydrogens (tertiary/aromatic N) is 2. The maximum atomic E-state index is 12.6. The summed E-state index contributed by atoms with van der Waals surface area (Å²) in [6.45, 7) is 4.14. The van der Waals surface area contributed by atoms with Crippen LogP contribution in [0.15, 0.2) is 60.7 Å². The van der Waals surface area contributed by atoms with E-state index in [4.69, 9.17) is 69.6 Å². The number of carbonyl (C=O) groups excluding carboxylic acids is 2. The quantitative estimate of drug-likeness (QED) is 0.262. The molecule has 1 heterocycles. The summed E-state index contributed by atoms with van der Waals surface area (Å²) in [7, 11) is 0. The summed E-state index contributed by atoms with van der Waals surface area (Å²) in [4.78, 5) is 27.4. The number of carbonyl (C=O) groups is 2. The van der Waals surface area contributed by atoms with Crippen LogP contribution in [0.2, 0.25) is 25.1 Å². The van der Waals surface area contributed by atoms with E-state index in [1.54, 1.807) is 18.2 Å². The minimum atomic E-state index is -0.561. The van der Waals surface area contributed by atoms with Crippen molar-refractivity contribution in [2.75, 3.05) is 32.7 Å². The molecule has 1 saturated heterocycles. The van der Waals surface area contributed by atoms with Gasteiger partial charge in [-0.2, -0.15) is 0 Å². The van der Waals surface area contributed by atoms with E-state index < -0.39 is 5.24 Å². The van der Waals surface area contributed by atoms with E-state index in [-0.39, 0.29) is 18.3 Å². The first kappa shape index (κ1) is 32.0. The summed E-state index contributed by atoms with van der Waals surface area (Å²) >= 11 is 34.3. The van der Waals surface area contributed by atoms with Crippen molar-refractivity contribution in [3.05, 3.63) is 102 Å². The Morgan fingerprint density at radius 1 is 0.649 bits per heavy atom. The Morgan fingerprint density at radius 2 is 1.11 bits per heavy atom. The number of piperazine rings is 1. The van der Waals surface area contributed by atoms with E-state index in [9.17, 15) is 9.59 Å². The van der Waals surface area contributed by atoms with Gasteiger partial charge in [-0.05, 0) is 72.1 Å². The summed E-state index contributed by atoms with van der Waals surface area (Å²) in [5.41, 5.74) is 2.13. The number of hydrogen-bond acceptors (Lipinski definition) is 3. The average Bonchev–Trinajstić information content (AvgIpc) is 2.83. The molecule has 11 heteroatoms. The molecule has 37 heavy (non-hydrogen) atoms. The van der Waals surface area contributed by atoms with Crippen LogP contribution >= 0.6 is 82.0 Å². The second-order valence-electron chi connectivity index (χ2n) is 8.10. The lowest BCUT2D eigenvalue weighted by molar-refractivity contribution is 0.0638. The van der Waals surface area contributed by atoms with Crippen molar-refractivity contribution in [2.45, 2.75) is 6.42 Å². The molecular weight excluding hydrogens is 620 g/mol. The van der Waals surface area contributed by atoms with Gasteiger partial charge in [0.15, 0.2) is 0 Å². The van der Waals surface area contributed by atoms with Crippen molar-refractivity contribution in [1.29, 1.82) is 0 Å². The number of amides is 1. The zero-order valence-electron chi connectivity index (χ0n) is 19.4. The second-order valence-corrected chi connectivity index (χ2v) is 10.6. The van der Waals surface area contributed by atoms with Gasteiger partial charge in [-0.15, -0.1) is 12.4 Å². The lowest BCUT2D eigenvalue weighted by Gasteiger charge is -2.34. The first-order chi connectivity index (χ1) is 17.1. The zero-order valence-corrected chi connectivity index (χ0v) is 24.8. The third-order valence-electron chi connectivity index (χ3n) is 5.49. The molecule has 0 saturated carbocycles. The summed E-state index contributed by atoms with van der Waals surface area (Å²) in [5, 5.41) is 1.98. The van der Waals surface area contributed by atoms with Crippen LogP contribution in [0.3, 0.4) is 0 Å². The van der Waals surface area contributed by atoms with Gasteiger partial charge in [0, 0.05) is 69.0 Å². The maximum Gasteiger partial charge on any atom is 0.254 e. The van der Waals surface area contributed by atoms with Crippen molar-refractivity contribution in [3.63, 3.8) is 0 Å². The average molecular weight is 644 g/mol. The molecule has 1 aliphatic rings. The molecule has 4 rings (SSSR count). The van der Waals surface area contributed by atoms with Crippen LogP contribution in [-0.4, -0.2) is 53.7 Å². The molecule has 0 radical (unpaired) electrons. The Hall–Kier alpha value is -1.21. The normalized spacial score (nSPS) is 13.3. The molecular formula is C26H23Cl7N2O2. The van der Waals surface area contributed by atoms with Crippen LogP contribution in [0.5, 0.6) is 0 Å². The zero-order chi connectivity index (χ0) is 26.2. The van der Waals surface area contributed by atoms with Crippen molar-refractivity contribution in [1.82, 2.24) is 9.80 Å². The first-order valence-corrected chi connectivity index (χ1v) is 13.3. The fourth-order valence-corrected chi connectivity index (χ4v) is 4.93. The van der Waals surface area contributed by atoms with Crippen molar-refractivity contribution >= 4 is 93.2 Å². The minimum absolute atomic E-state index is 0. The van der Waals surface area contributed by atoms with Gasteiger partial charge in [-0.3, -0.25) is 14.5 Å². The maximum absolute atomic E-state index is 12.6. The molecule has 1 fully saturated rings. The number of rotatable bonds is 5. The largest absolute Gasteiger partial charge is 0.336 e. The molecule has 0 aromatic heterocycles. The molecule has 0 bridgehead atoms. The Labute approximate surface area is 252 Å². The van der Waals surface area contributed by atoms with Gasteiger partial charge in [0.2, 0.25) is 0 Å². The molecule has 0 N–H and O–H groups in total. The monoisotopic (exact) mass is 640 g/mol. The Bertz CT molecular complexity index is 1170. The molecule has 0 aliphatic carbocycles. The molecule has 3 aromatic rings. The van der Waals surface area contributed by atoms with Crippen molar-refractivity contribution in [2.24, 2.45) is 0 Å². The number of halogens is 7. The highest BCUT2D eigenvalue weighted by molar-refractivity contribution is 6.68. The van der Waals surface area contributed by atoms with Gasteiger partial charge >= 0.3 is 0 Å². The number of hydrogen-bond donors (Lipinski definition) is 0. The summed E-state index contributed by atoms with van der Waals surface area (Å²) in [5.74, 6) is -0.0123. The topological polar surface area (TPSA) is 40.6 Å². The second kappa shape index (κ2) is 15.4. The Morgan fingerprint density at radius 3 is 1.57 bits per heavy atom. The molecule has 198 valence electrons. The highest BCUT2D eigenvalue weighted by atomic mass is 35.5. The van der Waals surface area contributed by atoms with E-state index in [1.807, 2.05) is 17.0 Å². The molecule has 1 aliphatic heterocycles. The van der Waals surface area contributed by atoms with Crippen molar-refractivity contribution < 1.29 is 9.59 Å². The SMILES string of the molecule is Cl.O=C(Cl)c1cc(Cl)cc(Cl)c1.O=C(c1cc(Cl)cc(Cl)c1)N1CCN(CCc2ccc(Cl)cc2)CC1. The van der Waals surface area contributed by atoms with E-state index in [2.05, 4.69) is 17.0 Å². The van der Waals surface area contributed by atoms with Gasteiger partial charge in [0.05, 0.1) is 0 Å². The van der Waals surface area contributed by atoms with Gasteiger partial charge in [-0.1, -0.05) is 70.1 Å². The minimum Gasteiger partial charge on any atom is -0.336 e. The summed E-state index contributed by atoms with van der Waals surface area (Å²) < 4.78 is 0. The van der Waals surface area contributed by atoms with Crippen LogP contribution in [0.25, 0.3) is 0 Å². The van der Waals surface area contributed by atoms with Crippen LogP contribution in [0.1, 0.15) is 26.3 Å². The third-order valence-corrected chi connectivity index (χ3v) is 6.83. The summed E-state index contributed by atoms with van der Waals surface area (Å²) in [6.07, 6.45) is 0.981. The van der Waals surface area contributed by atoms with E-state index in [1.165, 1.54) is 23.8 Å². The van der Waals surface area contributed by atoms with Crippen LogP contribution < -0.4 is 0 Å². The lowest BCUT2D eigenvalue weighted by Crippen LogP contribution is -2.49. The Balaban J connectivity index is 0.000000339. The third kappa shape index (κ3) is 10.5. The molecule has 3 aromatic carbocycles. The molecule has 0 unspecified atom stereocenters. The lowest BCUT2D eigenvalue weighted by atomic mass is 10.1. The first-order valence-electron chi connectivity index (χ1n) is 11.0. The Kier molecular flexibility index (Phi) is 13.3. The highest BCUT2D eigenvalue weighted by Gasteiger charge is 2.22. The molecule has 1 amide bonds. The number of benzene rings is 3. The van der Waals surface area contributed by atoms with E-state index in [0.29, 0.717) is 44.3 Å². The van der Waals surface area contributed by atoms with Crippen LogP contribution in [0, 0.1) is 0 Å². The predicted molar refractivity (Wildman–Crippen MR) is 158 cm³/mol.